The largest absolute Gasteiger partial charge is 0.507 e. The van der Waals surface area contributed by atoms with Crippen LogP contribution in [-0.4, -0.2) is 5.11 Å². The molecular formula is C68H44N2O2S. The maximum Gasteiger partial charge on any atom is 0.159 e. The minimum Gasteiger partial charge on any atom is -0.507 e. The molecule has 0 aliphatic rings. The zero-order valence-corrected chi connectivity index (χ0v) is 40.3. The number of benzene rings is 12. The fourth-order valence-electron chi connectivity index (χ4n) is 11.0. The number of thiophene rings is 1. The van der Waals surface area contributed by atoms with Gasteiger partial charge in [0.15, 0.2) is 5.58 Å². The summed E-state index contributed by atoms with van der Waals surface area (Å²) in [6.07, 6.45) is 0. The van der Waals surface area contributed by atoms with Crippen molar-refractivity contribution >= 4 is 109 Å². The smallest absolute Gasteiger partial charge is 0.159 e. The van der Waals surface area contributed by atoms with Crippen LogP contribution >= 0.6 is 11.3 Å². The summed E-state index contributed by atoms with van der Waals surface area (Å²) in [4.78, 5) is 4.73. The van der Waals surface area contributed by atoms with E-state index in [-0.39, 0.29) is 5.75 Å². The summed E-state index contributed by atoms with van der Waals surface area (Å²) < 4.78 is 9.26. The van der Waals surface area contributed by atoms with Gasteiger partial charge in [-0.25, -0.2) is 0 Å². The maximum atomic E-state index is 11.0. The molecule has 0 amide bonds. The van der Waals surface area contributed by atoms with E-state index in [0.29, 0.717) is 0 Å². The van der Waals surface area contributed by atoms with Crippen LogP contribution in [0.15, 0.2) is 265 Å². The van der Waals surface area contributed by atoms with Crippen molar-refractivity contribution in [1.29, 1.82) is 0 Å². The van der Waals surface area contributed by atoms with Crippen LogP contribution in [0.25, 0.3) is 97.0 Å². The van der Waals surface area contributed by atoms with E-state index in [1.807, 2.05) is 35.6 Å². The second-order valence-electron chi connectivity index (χ2n) is 18.5. The third-order valence-electron chi connectivity index (χ3n) is 14.3. The number of hydrogen-bond donors (Lipinski definition) is 1. The first-order valence-electron chi connectivity index (χ1n) is 24.6. The Kier molecular flexibility index (Phi) is 10.2. The summed E-state index contributed by atoms with van der Waals surface area (Å²) in [5, 5.41) is 20.4. The highest BCUT2D eigenvalue weighted by Crippen LogP contribution is 2.49. The summed E-state index contributed by atoms with van der Waals surface area (Å²) >= 11 is 1.85. The van der Waals surface area contributed by atoms with Gasteiger partial charge in [-0.05, 0) is 117 Å². The zero-order valence-electron chi connectivity index (χ0n) is 39.5. The highest BCUT2D eigenvalue weighted by Gasteiger charge is 2.24. The van der Waals surface area contributed by atoms with E-state index >= 15 is 0 Å². The van der Waals surface area contributed by atoms with Crippen molar-refractivity contribution in [1.82, 2.24) is 0 Å². The minimum atomic E-state index is 0.253. The summed E-state index contributed by atoms with van der Waals surface area (Å²) in [6, 6.07) is 92.3. The molecule has 73 heavy (non-hydrogen) atoms. The molecule has 2 aromatic heterocycles. The Hall–Kier alpha value is -9.42. The van der Waals surface area contributed by atoms with Crippen molar-refractivity contribution in [2.75, 3.05) is 9.80 Å². The first kappa shape index (κ1) is 42.5. The molecule has 5 heteroatoms. The molecule has 0 aliphatic carbocycles. The van der Waals surface area contributed by atoms with Crippen LogP contribution in [0, 0.1) is 0 Å². The normalized spacial score (nSPS) is 11.6. The summed E-state index contributed by atoms with van der Waals surface area (Å²) in [7, 11) is 0. The quantitative estimate of drug-likeness (QED) is 0.156. The predicted molar refractivity (Wildman–Crippen MR) is 309 cm³/mol. The van der Waals surface area contributed by atoms with Crippen molar-refractivity contribution in [2.24, 2.45) is 0 Å². The van der Waals surface area contributed by atoms with Gasteiger partial charge < -0.3 is 19.3 Å². The topological polar surface area (TPSA) is 39.9 Å². The maximum absolute atomic E-state index is 11.0. The van der Waals surface area contributed by atoms with E-state index in [1.165, 1.54) is 30.9 Å². The Labute approximate surface area is 426 Å². The highest BCUT2D eigenvalue weighted by atomic mass is 32.1. The SMILES string of the molecule is Oc1ccccc1-c1cccc(N(c2ccc3c(ccc4sc5ccc6cc(N(c7ccccc7-c7ccccc7)c7cccc8c7oc7ccccc78)ccc6c5c43)c2)c2ccccc2-c2ccccc2)c1. The monoisotopic (exact) mass is 952 g/mol. The number of hydrogen-bond acceptors (Lipinski definition) is 5. The molecule has 14 rings (SSSR count). The molecule has 0 radical (unpaired) electrons. The van der Waals surface area contributed by atoms with Gasteiger partial charge in [-0.2, -0.15) is 0 Å². The van der Waals surface area contributed by atoms with Crippen molar-refractivity contribution in [3.8, 4) is 39.1 Å². The van der Waals surface area contributed by atoms with Crippen LogP contribution in [0.5, 0.6) is 5.75 Å². The first-order valence-corrected chi connectivity index (χ1v) is 25.4. The molecule has 0 aliphatic heterocycles. The van der Waals surface area contributed by atoms with Gasteiger partial charge in [-0.15, -0.1) is 11.3 Å². The number of rotatable bonds is 9. The third-order valence-corrected chi connectivity index (χ3v) is 15.4. The van der Waals surface area contributed by atoms with E-state index < -0.39 is 0 Å². The number of fused-ring (bicyclic) bond motifs is 10. The van der Waals surface area contributed by atoms with Crippen LogP contribution in [0.2, 0.25) is 0 Å². The van der Waals surface area contributed by atoms with Gasteiger partial charge in [0, 0.05) is 64.7 Å². The number of phenols is 1. The predicted octanol–water partition coefficient (Wildman–Crippen LogP) is 19.9. The molecule has 0 unspecified atom stereocenters. The molecule has 2 heterocycles. The van der Waals surface area contributed by atoms with Gasteiger partial charge in [-0.3, -0.25) is 0 Å². The van der Waals surface area contributed by atoms with Gasteiger partial charge in [0.1, 0.15) is 11.3 Å². The average Bonchev–Trinajstić information content (AvgIpc) is 4.04. The Bertz CT molecular complexity index is 4420. The number of aromatic hydroxyl groups is 1. The van der Waals surface area contributed by atoms with Crippen molar-refractivity contribution in [2.45, 2.75) is 0 Å². The molecule has 344 valence electrons. The lowest BCUT2D eigenvalue weighted by Crippen LogP contribution is -2.11. The van der Waals surface area contributed by atoms with E-state index in [4.69, 9.17) is 4.42 Å². The lowest BCUT2D eigenvalue weighted by atomic mass is 9.97. The van der Waals surface area contributed by atoms with Crippen molar-refractivity contribution < 1.29 is 9.52 Å². The molecule has 1 N–H and O–H groups in total. The van der Waals surface area contributed by atoms with Crippen molar-refractivity contribution in [3.05, 3.63) is 261 Å². The fourth-order valence-corrected chi connectivity index (χ4v) is 12.1. The second-order valence-corrected chi connectivity index (χ2v) is 19.6. The van der Waals surface area contributed by atoms with Gasteiger partial charge in [0.25, 0.3) is 0 Å². The molecule has 0 atom stereocenters. The standard InChI is InChI=1S/C68H44N2O2S/c71-62-31-13-9-25-54(62)46-21-15-22-49(41-46)69(59-28-11-7-23-52(59)44-17-3-1-4-18-44)50-35-37-55-47(42-50)33-39-64-66(55)67-56-38-36-51(43-48(56)34-40-65(67)73-64)70(60-29-12-8-24-53(60)45-19-5-2-6-20-45)61-30-16-27-58-57-26-10-14-32-63(57)72-68(58)61/h1-43,71H. The van der Waals surface area contributed by atoms with Gasteiger partial charge in [0.05, 0.1) is 17.1 Å². The van der Waals surface area contributed by atoms with E-state index in [2.05, 4.69) is 240 Å². The van der Waals surface area contributed by atoms with Gasteiger partial charge >= 0.3 is 0 Å². The van der Waals surface area contributed by atoms with E-state index in [9.17, 15) is 5.11 Å². The fraction of sp³-hybridized carbons (Fsp3) is 0. The lowest BCUT2D eigenvalue weighted by Gasteiger charge is -2.28. The molecule has 0 fully saturated rings. The lowest BCUT2D eigenvalue weighted by molar-refractivity contribution is 0.477. The number of para-hydroxylation sites is 5. The molecule has 4 nitrogen and oxygen atoms in total. The highest BCUT2D eigenvalue weighted by molar-refractivity contribution is 7.26. The Morgan fingerprint density at radius 3 is 1.48 bits per heavy atom. The third kappa shape index (κ3) is 7.20. The van der Waals surface area contributed by atoms with Crippen LogP contribution < -0.4 is 9.80 Å². The number of nitrogens with zero attached hydrogens (tertiary/aromatic N) is 2. The zero-order chi connectivity index (χ0) is 48.4. The molecule has 0 saturated heterocycles. The average molecular weight is 953 g/mol. The Morgan fingerprint density at radius 2 is 0.822 bits per heavy atom. The molecule has 0 bridgehead atoms. The van der Waals surface area contributed by atoms with Crippen LogP contribution in [0.3, 0.4) is 0 Å². The second kappa shape index (κ2) is 17.5. The van der Waals surface area contributed by atoms with Gasteiger partial charge in [0.2, 0.25) is 0 Å². The van der Waals surface area contributed by atoms with Crippen LogP contribution in [0.1, 0.15) is 0 Å². The number of anilines is 6. The molecule has 12 aromatic carbocycles. The summed E-state index contributed by atoms with van der Waals surface area (Å²) in [5.41, 5.74) is 14.2. The number of phenolic OH excluding ortho intramolecular Hbond substituents is 1. The van der Waals surface area contributed by atoms with Crippen molar-refractivity contribution in [3.63, 3.8) is 0 Å². The molecular weight excluding hydrogens is 909 g/mol. The minimum absolute atomic E-state index is 0.253. The first-order chi connectivity index (χ1) is 36.1. The molecule has 14 aromatic rings. The summed E-state index contributed by atoms with van der Waals surface area (Å²) in [5.74, 6) is 0.253. The Balaban J connectivity index is 0.947. The van der Waals surface area contributed by atoms with E-state index in [1.54, 1.807) is 6.07 Å². The molecule has 0 saturated carbocycles. The van der Waals surface area contributed by atoms with Crippen LogP contribution in [0.4, 0.5) is 34.1 Å². The number of furan rings is 1. The molecule has 0 spiro atoms. The Morgan fingerprint density at radius 1 is 0.329 bits per heavy atom. The summed E-state index contributed by atoms with van der Waals surface area (Å²) in [6.45, 7) is 0. The van der Waals surface area contributed by atoms with E-state index in [0.717, 1.165) is 100 Å². The van der Waals surface area contributed by atoms with Gasteiger partial charge in [-0.1, -0.05) is 182 Å². The van der Waals surface area contributed by atoms with Crippen LogP contribution in [-0.2, 0) is 0 Å².